The maximum Gasteiger partial charge on any atom is 0.310 e. The number of carbonyl (C=O) groups excluding carboxylic acids is 2. The van der Waals surface area contributed by atoms with E-state index in [2.05, 4.69) is 4.98 Å². The van der Waals surface area contributed by atoms with Gasteiger partial charge >= 0.3 is 5.97 Å². The molecule has 29 heavy (non-hydrogen) atoms. The monoisotopic (exact) mass is 415 g/mol. The van der Waals surface area contributed by atoms with E-state index in [1.807, 2.05) is 16.0 Å². The first-order chi connectivity index (χ1) is 14.0. The maximum atomic E-state index is 13.2. The van der Waals surface area contributed by atoms with Crippen LogP contribution in [0.2, 0.25) is 0 Å². The fourth-order valence-electron chi connectivity index (χ4n) is 3.64. The number of hydrogen-bond donors (Lipinski definition) is 0. The SMILES string of the molecule is CCOC(=O)C1CCCN(C(=O)Cc2csc3nc(-c4ccc(F)cc4)cn23)C1. The highest BCUT2D eigenvalue weighted by atomic mass is 32.1. The van der Waals surface area contributed by atoms with Crippen molar-refractivity contribution in [2.75, 3.05) is 19.7 Å². The van der Waals surface area contributed by atoms with E-state index in [9.17, 15) is 14.0 Å². The van der Waals surface area contributed by atoms with Gasteiger partial charge in [0.1, 0.15) is 5.82 Å². The standard InChI is InChI=1S/C21H22FN3O3S/c1-2-28-20(27)15-4-3-9-24(11-15)19(26)10-17-13-29-21-23-18(12-25(17)21)14-5-7-16(22)8-6-14/h5-8,12-13,15H,2-4,9-11H2,1H3. The van der Waals surface area contributed by atoms with Gasteiger partial charge in [-0.1, -0.05) is 0 Å². The number of ether oxygens (including phenoxy) is 1. The number of fused-ring (bicyclic) bond motifs is 1. The summed E-state index contributed by atoms with van der Waals surface area (Å²) in [5, 5.41) is 1.93. The number of thiazole rings is 1. The topological polar surface area (TPSA) is 63.9 Å². The molecule has 0 bridgehead atoms. The van der Waals surface area contributed by atoms with Crippen LogP contribution in [0.5, 0.6) is 0 Å². The summed E-state index contributed by atoms with van der Waals surface area (Å²) in [6, 6.07) is 6.19. The number of amides is 1. The summed E-state index contributed by atoms with van der Waals surface area (Å²) in [7, 11) is 0. The number of halogens is 1. The largest absolute Gasteiger partial charge is 0.466 e. The fourth-order valence-corrected chi connectivity index (χ4v) is 4.51. The number of benzene rings is 1. The second-order valence-corrected chi connectivity index (χ2v) is 7.96. The highest BCUT2D eigenvalue weighted by Crippen LogP contribution is 2.25. The Labute approximate surface area is 171 Å². The van der Waals surface area contributed by atoms with Crippen LogP contribution in [0.1, 0.15) is 25.5 Å². The molecule has 1 saturated heterocycles. The van der Waals surface area contributed by atoms with Crippen LogP contribution in [0.25, 0.3) is 16.2 Å². The van der Waals surface area contributed by atoms with E-state index in [1.54, 1.807) is 24.0 Å². The highest BCUT2D eigenvalue weighted by molar-refractivity contribution is 7.15. The molecule has 152 valence electrons. The molecule has 0 radical (unpaired) electrons. The van der Waals surface area contributed by atoms with Crippen LogP contribution in [0.3, 0.4) is 0 Å². The summed E-state index contributed by atoms with van der Waals surface area (Å²) >= 11 is 1.47. The number of esters is 1. The van der Waals surface area contributed by atoms with Crippen molar-refractivity contribution in [3.63, 3.8) is 0 Å². The molecule has 4 rings (SSSR count). The first-order valence-corrected chi connectivity index (χ1v) is 10.6. The van der Waals surface area contributed by atoms with Gasteiger partial charge in [0, 0.05) is 35.9 Å². The predicted molar refractivity (Wildman–Crippen MR) is 108 cm³/mol. The van der Waals surface area contributed by atoms with Crippen molar-refractivity contribution in [3.05, 3.63) is 47.4 Å². The summed E-state index contributed by atoms with van der Waals surface area (Å²) < 4.78 is 20.2. The molecule has 0 aliphatic carbocycles. The zero-order chi connectivity index (χ0) is 20.4. The molecular weight excluding hydrogens is 393 g/mol. The van der Waals surface area contributed by atoms with Gasteiger partial charge in [-0.2, -0.15) is 0 Å². The average molecular weight is 415 g/mol. The summed E-state index contributed by atoms with van der Waals surface area (Å²) in [5.74, 6) is -0.755. The quantitative estimate of drug-likeness (QED) is 0.598. The van der Waals surface area contributed by atoms with Gasteiger partial charge in [0.2, 0.25) is 5.91 Å². The van der Waals surface area contributed by atoms with Gasteiger partial charge in [-0.15, -0.1) is 11.3 Å². The molecule has 1 fully saturated rings. The normalized spacial score (nSPS) is 16.9. The smallest absolute Gasteiger partial charge is 0.310 e. The van der Waals surface area contributed by atoms with Crippen molar-refractivity contribution >= 4 is 28.2 Å². The van der Waals surface area contributed by atoms with Crippen LogP contribution in [0, 0.1) is 11.7 Å². The lowest BCUT2D eigenvalue weighted by atomic mass is 9.98. The predicted octanol–water partition coefficient (Wildman–Crippen LogP) is 3.55. The third kappa shape index (κ3) is 4.17. The fraction of sp³-hybridized carbons (Fsp3) is 0.381. The number of piperidine rings is 1. The molecule has 1 atom stereocenters. The Morgan fingerprint density at radius 2 is 2.10 bits per heavy atom. The Morgan fingerprint density at radius 1 is 1.31 bits per heavy atom. The van der Waals surface area contributed by atoms with E-state index in [4.69, 9.17) is 4.74 Å². The number of aromatic nitrogens is 2. The second-order valence-electron chi connectivity index (χ2n) is 7.12. The first kappa shape index (κ1) is 19.6. The van der Waals surface area contributed by atoms with E-state index in [0.29, 0.717) is 19.7 Å². The van der Waals surface area contributed by atoms with Crippen LogP contribution in [-0.4, -0.2) is 45.9 Å². The summed E-state index contributed by atoms with van der Waals surface area (Å²) in [4.78, 5) is 32.0. The summed E-state index contributed by atoms with van der Waals surface area (Å²) in [6.45, 7) is 3.21. The van der Waals surface area contributed by atoms with Crippen molar-refractivity contribution in [3.8, 4) is 11.3 Å². The first-order valence-electron chi connectivity index (χ1n) is 9.71. The number of rotatable bonds is 5. The average Bonchev–Trinajstić information content (AvgIpc) is 3.31. The van der Waals surface area contributed by atoms with Gasteiger partial charge in [-0.25, -0.2) is 9.37 Å². The molecule has 1 aliphatic heterocycles. The van der Waals surface area contributed by atoms with Gasteiger partial charge < -0.3 is 9.64 Å². The number of likely N-dealkylation sites (tertiary alicyclic amines) is 1. The lowest BCUT2D eigenvalue weighted by molar-refractivity contribution is -0.151. The van der Waals surface area contributed by atoms with Crippen molar-refractivity contribution in [2.24, 2.45) is 5.92 Å². The van der Waals surface area contributed by atoms with Crippen LogP contribution >= 0.6 is 11.3 Å². The third-order valence-corrected chi connectivity index (χ3v) is 6.04. The van der Waals surface area contributed by atoms with Crippen LogP contribution in [0.15, 0.2) is 35.8 Å². The number of hydrogen-bond acceptors (Lipinski definition) is 5. The number of nitrogens with zero attached hydrogens (tertiary/aromatic N) is 3. The number of carbonyl (C=O) groups is 2. The number of imidazole rings is 1. The van der Waals surface area contributed by atoms with E-state index in [-0.39, 0.29) is 30.0 Å². The molecule has 6 nitrogen and oxygen atoms in total. The molecule has 1 aliphatic rings. The van der Waals surface area contributed by atoms with Gasteiger partial charge in [0.25, 0.3) is 0 Å². The second kappa shape index (κ2) is 8.32. The lowest BCUT2D eigenvalue weighted by Crippen LogP contribution is -2.43. The van der Waals surface area contributed by atoms with Crippen molar-refractivity contribution in [2.45, 2.75) is 26.2 Å². The van der Waals surface area contributed by atoms with Gasteiger partial charge in [0.15, 0.2) is 4.96 Å². The lowest BCUT2D eigenvalue weighted by Gasteiger charge is -2.31. The zero-order valence-corrected chi connectivity index (χ0v) is 17.0. The molecule has 0 N–H and O–H groups in total. The molecule has 2 aromatic heterocycles. The van der Waals surface area contributed by atoms with Gasteiger partial charge in [-0.05, 0) is 44.0 Å². The minimum absolute atomic E-state index is 0.00395. The molecule has 1 unspecified atom stereocenters. The van der Waals surface area contributed by atoms with E-state index in [0.717, 1.165) is 34.8 Å². The van der Waals surface area contributed by atoms with E-state index in [1.165, 1.54) is 23.5 Å². The Kier molecular flexibility index (Phi) is 5.62. The van der Waals surface area contributed by atoms with Crippen molar-refractivity contribution in [1.29, 1.82) is 0 Å². The molecule has 1 amide bonds. The van der Waals surface area contributed by atoms with Crippen LogP contribution < -0.4 is 0 Å². The molecule has 8 heteroatoms. The Balaban J connectivity index is 1.48. The molecule has 0 spiro atoms. The Hall–Kier alpha value is -2.74. The molecular formula is C21H22FN3O3S. The molecule has 3 heterocycles. The van der Waals surface area contributed by atoms with Crippen molar-refractivity contribution < 1.29 is 18.7 Å². The van der Waals surface area contributed by atoms with Crippen molar-refractivity contribution in [1.82, 2.24) is 14.3 Å². The zero-order valence-electron chi connectivity index (χ0n) is 16.1. The summed E-state index contributed by atoms with van der Waals surface area (Å²) in [5.41, 5.74) is 2.42. The van der Waals surface area contributed by atoms with E-state index >= 15 is 0 Å². The maximum absolute atomic E-state index is 13.2. The van der Waals surface area contributed by atoms with Crippen LogP contribution in [-0.2, 0) is 20.7 Å². The third-order valence-electron chi connectivity index (χ3n) is 5.15. The molecule has 1 aromatic carbocycles. The minimum Gasteiger partial charge on any atom is -0.466 e. The van der Waals surface area contributed by atoms with Gasteiger partial charge in [0.05, 0.1) is 24.6 Å². The minimum atomic E-state index is -0.288. The Morgan fingerprint density at radius 3 is 2.86 bits per heavy atom. The Bertz CT molecular complexity index is 1030. The van der Waals surface area contributed by atoms with E-state index < -0.39 is 0 Å². The van der Waals surface area contributed by atoms with Gasteiger partial charge in [-0.3, -0.25) is 14.0 Å². The molecule has 3 aromatic rings. The van der Waals surface area contributed by atoms with Crippen LogP contribution in [0.4, 0.5) is 4.39 Å². The molecule has 0 saturated carbocycles. The highest BCUT2D eigenvalue weighted by Gasteiger charge is 2.29. The summed E-state index contributed by atoms with van der Waals surface area (Å²) in [6.07, 6.45) is 3.68.